The monoisotopic (exact) mass is 270 g/mol. The molecule has 2 rings (SSSR count). The molecule has 0 fully saturated rings. The van der Waals surface area contributed by atoms with Crippen molar-refractivity contribution in [3.63, 3.8) is 0 Å². The Bertz CT molecular complexity index is 687. The molecule has 0 saturated heterocycles. The Balaban J connectivity index is 2.54. The summed E-state index contributed by atoms with van der Waals surface area (Å²) in [5.41, 5.74) is 4.71. The fourth-order valence-corrected chi connectivity index (χ4v) is 2.27. The summed E-state index contributed by atoms with van der Waals surface area (Å²) in [7, 11) is 2.02. The van der Waals surface area contributed by atoms with Crippen LogP contribution in [-0.4, -0.2) is 4.57 Å². The third kappa shape index (κ3) is 2.57. The van der Waals surface area contributed by atoms with Gasteiger partial charge in [-0.1, -0.05) is 29.8 Å². The second-order valence-electron chi connectivity index (χ2n) is 4.54. The van der Waals surface area contributed by atoms with Crippen molar-refractivity contribution < 1.29 is 0 Å². The molecule has 0 spiro atoms. The van der Waals surface area contributed by atoms with E-state index in [4.69, 9.17) is 11.6 Å². The first kappa shape index (κ1) is 13.5. The highest BCUT2D eigenvalue weighted by molar-refractivity contribution is 6.32. The first-order chi connectivity index (χ1) is 9.04. The molecule has 19 heavy (non-hydrogen) atoms. The highest BCUT2D eigenvalue weighted by Crippen LogP contribution is 2.26. The smallest absolute Gasteiger partial charge is 0.0998 e. The van der Waals surface area contributed by atoms with Gasteiger partial charge in [-0.15, -0.1) is 0 Å². The van der Waals surface area contributed by atoms with E-state index in [1.807, 2.05) is 45.2 Å². The number of halogens is 1. The molecule has 0 radical (unpaired) electrons. The highest BCUT2D eigenvalue weighted by atomic mass is 35.5. The van der Waals surface area contributed by atoms with Gasteiger partial charge in [-0.25, -0.2) is 0 Å². The number of benzene rings is 1. The van der Waals surface area contributed by atoms with E-state index in [9.17, 15) is 5.26 Å². The first-order valence-electron chi connectivity index (χ1n) is 6.04. The predicted octanol–water partition coefficient (Wildman–Crippen LogP) is 4.36. The van der Waals surface area contributed by atoms with Gasteiger partial charge in [0.15, 0.2) is 0 Å². The molecule has 2 aromatic rings. The number of hydrogen-bond acceptors (Lipinski definition) is 1. The van der Waals surface area contributed by atoms with Crippen LogP contribution in [0, 0.1) is 25.2 Å². The van der Waals surface area contributed by atoms with Crippen molar-refractivity contribution in [3.8, 4) is 6.07 Å². The first-order valence-corrected chi connectivity index (χ1v) is 6.42. The third-order valence-corrected chi connectivity index (χ3v) is 3.73. The van der Waals surface area contributed by atoms with Crippen LogP contribution in [0.4, 0.5) is 0 Å². The topological polar surface area (TPSA) is 28.7 Å². The lowest BCUT2D eigenvalue weighted by Gasteiger charge is -2.03. The SMILES string of the molecule is Cc1cc(C=C(C#N)c2ccccc2Cl)c(C)n1C. The molecule has 2 nitrogen and oxygen atoms in total. The second-order valence-corrected chi connectivity index (χ2v) is 4.94. The van der Waals surface area contributed by atoms with Gasteiger partial charge in [-0.05, 0) is 37.6 Å². The molecule has 0 aliphatic carbocycles. The zero-order valence-corrected chi connectivity index (χ0v) is 12.0. The van der Waals surface area contributed by atoms with Crippen molar-refractivity contribution in [1.82, 2.24) is 4.57 Å². The van der Waals surface area contributed by atoms with Crippen molar-refractivity contribution in [3.05, 3.63) is 57.9 Å². The Morgan fingerprint density at radius 1 is 1.32 bits per heavy atom. The molecule has 0 N–H and O–H groups in total. The van der Waals surface area contributed by atoms with Gasteiger partial charge in [-0.2, -0.15) is 5.26 Å². The highest BCUT2D eigenvalue weighted by Gasteiger charge is 2.09. The molecule has 0 atom stereocenters. The summed E-state index contributed by atoms with van der Waals surface area (Å²) in [6.07, 6.45) is 1.89. The van der Waals surface area contributed by atoms with E-state index < -0.39 is 0 Å². The van der Waals surface area contributed by atoms with Crippen LogP contribution >= 0.6 is 11.6 Å². The standard InChI is InChI=1S/C16H15ClN2/c1-11-8-13(12(2)19(11)3)9-14(10-18)15-6-4-5-7-16(15)17/h4-9H,1-3H3. The summed E-state index contributed by atoms with van der Waals surface area (Å²) in [4.78, 5) is 0. The van der Waals surface area contributed by atoms with Crippen LogP contribution in [0.2, 0.25) is 5.02 Å². The summed E-state index contributed by atoms with van der Waals surface area (Å²) in [6, 6.07) is 11.7. The molecular weight excluding hydrogens is 256 g/mol. The van der Waals surface area contributed by atoms with Crippen LogP contribution in [0.15, 0.2) is 30.3 Å². The Morgan fingerprint density at radius 2 is 2.00 bits per heavy atom. The molecule has 0 aliphatic heterocycles. The molecule has 0 saturated carbocycles. The number of allylic oxidation sites excluding steroid dienone is 1. The molecule has 3 heteroatoms. The maximum absolute atomic E-state index is 9.35. The molecule has 1 aromatic heterocycles. The maximum Gasteiger partial charge on any atom is 0.0998 e. The molecule has 96 valence electrons. The van der Waals surface area contributed by atoms with E-state index in [1.165, 1.54) is 5.69 Å². The Labute approximate surface area is 118 Å². The molecule has 0 unspecified atom stereocenters. The van der Waals surface area contributed by atoms with Crippen molar-refractivity contribution in [2.75, 3.05) is 0 Å². The number of hydrogen-bond donors (Lipinski definition) is 0. The maximum atomic E-state index is 9.35. The lowest BCUT2D eigenvalue weighted by Crippen LogP contribution is -1.93. The quantitative estimate of drug-likeness (QED) is 0.746. The summed E-state index contributed by atoms with van der Waals surface area (Å²) in [5, 5.41) is 9.95. The summed E-state index contributed by atoms with van der Waals surface area (Å²) in [6.45, 7) is 4.09. The zero-order chi connectivity index (χ0) is 14.0. The molecule has 0 amide bonds. The Kier molecular flexibility index (Phi) is 3.78. The van der Waals surface area contributed by atoms with Crippen LogP contribution < -0.4 is 0 Å². The average Bonchev–Trinajstić information content (AvgIpc) is 2.64. The summed E-state index contributed by atoms with van der Waals surface area (Å²) in [5.74, 6) is 0. The van der Waals surface area contributed by atoms with E-state index in [-0.39, 0.29) is 0 Å². The number of aryl methyl sites for hydroxylation is 1. The van der Waals surface area contributed by atoms with Crippen LogP contribution in [0.1, 0.15) is 22.5 Å². The summed E-state index contributed by atoms with van der Waals surface area (Å²) < 4.78 is 2.10. The van der Waals surface area contributed by atoms with Gasteiger partial charge in [-0.3, -0.25) is 0 Å². The minimum atomic E-state index is 0.583. The van der Waals surface area contributed by atoms with Gasteiger partial charge >= 0.3 is 0 Å². The van der Waals surface area contributed by atoms with Gasteiger partial charge in [0.25, 0.3) is 0 Å². The van der Waals surface area contributed by atoms with Gasteiger partial charge < -0.3 is 4.57 Å². The van der Waals surface area contributed by atoms with Crippen LogP contribution in [0.25, 0.3) is 11.6 Å². The van der Waals surface area contributed by atoms with Crippen LogP contribution in [-0.2, 0) is 7.05 Å². The van der Waals surface area contributed by atoms with E-state index >= 15 is 0 Å². The van der Waals surface area contributed by atoms with Gasteiger partial charge in [0.2, 0.25) is 0 Å². The molecular formula is C16H15ClN2. The van der Waals surface area contributed by atoms with E-state index in [0.717, 1.165) is 16.8 Å². The lowest BCUT2D eigenvalue weighted by atomic mass is 10.0. The largest absolute Gasteiger partial charge is 0.352 e. The van der Waals surface area contributed by atoms with Crippen LogP contribution in [0.3, 0.4) is 0 Å². The molecule has 1 aromatic carbocycles. The van der Waals surface area contributed by atoms with Crippen molar-refractivity contribution in [2.24, 2.45) is 7.05 Å². The number of nitrogens with zero attached hydrogens (tertiary/aromatic N) is 2. The molecule has 0 aliphatic rings. The van der Waals surface area contributed by atoms with Gasteiger partial charge in [0, 0.05) is 29.0 Å². The minimum absolute atomic E-state index is 0.583. The number of rotatable bonds is 2. The molecule has 0 bridgehead atoms. The fraction of sp³-hybridized carbons (Fsp3) is 0.188. The number of nitriles is 1. The third-order valence-electron chi connectivity index (χ3n) is 3.40. The molecule has 1 heterocycles. The Hall–Kier alpha value is -1.98. The number of aromatic nitrogens is 1. The van der Waals surface area contributed by atoms with E-state index in [0.29, 0.717) is 10.6 Å². The fourth-order valence-electron chi connectivity index (χ4n) is 2.04. The van der Waals surface area contributed by atoms with Gasteiger partial charge in [0.1, 0.15) is 0 Å². The Morgan fingerprint density at radius 3 is 2.53 bits per heavy atom. The minimum Gasteiger partial charge on any atom is -0.352 e. The predicted molar refractivity (Wildman–Crippen MR) is 79.8 cm³/mol. The second kappa shape index (κ2) is 5.34. The lowest BCUT2D eigenvalue weighted by molar-refractivity contribution is 0.843. The van der Waals surface area contributed by atoms with Crippen LogP contribution in [0.5, 0.6) is 0 Å². The van der Waals surface area contributed by atoms with Crippen molar-refractivity contribution in [2.45, 2.75) is 13.8 Å². The van der Waals surface area contributed by atoms with Crippen molar-refractivity contribution >= 4 is 23.3 Å². The average molecular weight is 271 g/mol. The van der Waals surface area contributed by atoms with E-state index in [1.54, 1.807) is 6.07 Å². The normalized spacial score (nSPS) is 11.4. The zero-order valence-electron chi connectivity index (χ0n) is 11.2. The summed E-state index contributed by atoms with van der Waals surface area (Å²) >= 11 is 6.14. The van der Waals surface area contributed by atoms with E-state index in [2.05, 4.69) is 16.7 Å². The van der Waals surface area contributed by atoms with Gasteiger partial charge in [0.05, 0.1) is 11.6 Å². The van der Waals surface area contributed by atoms with Crippen molar-refractivity contribution in [1.29, 1.82) is 5.26 Å².